The second-order valence-electron chi connectivity index (χ2n) is 2.58. The van der Waals surface area contributed by atoms with E-state index in [1.54, 1.807) is 4.57 Å². The monoisotopic (exact) mass is 232 g/mol. The summed E-state index contributed by atoms with van der Waals surface area (Å²) in [7, 11) is 0. The number of halogens is 2. The van der Waals surface area contributed by atoms with E-state index in [4.69, 9.17) is 0 Å². The zero-order valence-corrected chi connectivity index (χ0v) is 7.69. The molecule has 5 heteroatoms. The molecule has 0 fully saturated rings. The molecule has 2 rings (SSSR count). The zero-order valence-electron chi connectivity index (χ0n) is 6.10. The molecule has 0 saturated carbocycles. The van der Waals surface area contributed by atoms with Crippen LogP contribution in [0.5, 0.6) is 0 Å². The number of nitrogens with zero attached hydrogens (tertiary/aromatic N) is 1. The van der Waals surface area contributed by atoms with Crippen molar-refractivity contribution in [1.82, 2.24) is 9.88 Å². The van der Waals surface area contributed by atoms with Crippen molar-refractivity contribution in [3.05, 3.63) is 22.2 Å². The first kappa shape index (κ1) is 7.79. The Hall–Kier alpha value is -0.840. The highest BCUT2D eigenvalue weighted by Gasteiger charge is 2.21. The zero-order chi connectivity index (χ0) is 8.72. The third-order valence-corrected chi connectivity index (χ3v) is 2.65. The number of hydrogen-bond acceptors (Lipinski definition) is 1. The van der Waals surface area contributed by atoms with Crippen LogP contribution in [-0.4, -0.2) is 17.0 Å². The smallest absolute Gasteiger partial charge is 0.268 e. The van der Waals surface area contributed by atoms with Crippen molar-refractivity contribution in [2.24, 2.45) is 0 Å². The Bertz CT molecular complexity index is 347. The summed E-state index contributed by atoms with van der Waals surface area (Å²) in [6, 6.07) is 1.23. The molecule has 1 aliphatic heterocycles. The summed E-state index contributed by atoms with van der Waals surface area (Å²) in [6.07, 6.45) is 0. The van der Waals surface area contributed by atoms with Gasteiger partial charge in [0.05, 0.1) is 0 Å². The first-order valence-corrected chi connectivity index (χ1v) is 4.32. The molecule has 64 valence electrons. The Kier molecular flexibility index (Phi) is 1.68. The maximum absolute atomic E-state index is 12.9. The Morgan fingerprint density at radius 3 is 3.08 bits per heavy atom. The van der Waals surface area contributed by atoms with Crippen LogP contribution >= 0.6 is 15.9 Å². The molecular weight excluding hydrogens is 227 g/mol. The Morgan fingerprint density at radius 2 is 2.42 bits per heavy atom. The third-order valence-electron chi connectivity index (χ3n) is 1.84. The molecule has 1 amide bonds. The number of hydrogen-bond donors (Lipinski definition) is 1. The SMILES string of the molecule is O=C1NCCn2c1cc(F)c2Br. The van der Waals surface area contributed by atoms with Crippen molar-refractivity contribution >= 4 is 21.8 Å². The highest BCUT2D eigenvalue weighted by Crippen LogP contribution is 2.21. The molecular formula is C7H6BrFN2O. The number of carbonyl (C=O) groups is 1. The molecule has 0 saturated heterocycles. The van der Waals surface area contributed by atoms with Gasteiger partial charge in [0.15, 0.2) is 5.82 Å². The van der Waals surface area contributed by atoms with Gasteiger partial charge in [-0.3, -0.25) is 4.79 Å². The molecule has 12 heavy (non-hydrogen) atoms. The van der Waals surface area contributed by atoms with Crippen molar-refractivity contribution in [3.63, 3.8) is 0 Å². The van der Waals surface area contributed by atoms with E-state index < -0.39 is 0 Å². The van der Waals surface area contributed by atoms with Gasteiger partial charge >= 0.3 is 0 Å². The van der Waals surface area contributed by atoms with Crippen LogP contribution in [0.4, 0.5) is 4.39 Å². The van der Waals surface area contributed by atoms with Gasteiger partial charge in [-0.2, -0.15) is 0 Å². The fourth-order valence-corrected chi connectivity index (χ4v) is 1.75. The van der Waals surface area contributed by atoms with Gasteiger partial charge in [-0.1, -0.05) is 0 Å². The molecule has 0 atom stereocenters. The topological polar surface area (TPSA) is 34.0 Å². The second-order valence-corrected chi connectivity index (χ2v) is 3.33. The fourth-order valence-electron chi connectivity index (χ4n) is 1.27. The standard InChI is InChI=1S/C7H6BrFN2O/c8-6-4(9)3-5-7(12)10-1-2-11(5)6/h3H,1-2H2,(H,10,12). The van der Waals surface area contributed by atoms with Crippen LogP contribution in [0.1, 0.15) is 10.5 Å². The van der Waals surface area contributed by atoms with Crippen molar-refractivity contribution in [2.45, 2.75) is 6.54 Å². The van der Waals surface area contributed by atoms with E-state index in [0.29, 0.717) is 23.4 Å². The van der Waals surface area contributed by atoms with Gasteiger partial charge < -0.3 is 9.88 Å². The van der Waals surface area contributed by atoms with Gasteiger partial charge in [0, 0.05) is 19.2 Å². The van der Waals surface area contributed by atoms with Crippen LogP contribution < -0.4 is 5.32 Å². The van der Waals surface area contributed by atoms with Crippen LogP contribution in [0.25, 0.3) is 0 Å². The first-order chi connectivity index (χ1) is 5.70. The number of aromatic nitrogens is 1. The largest absolute Gasteiger partial charge is 0.349 e. The minimum Gasteiger partial charge on any atom is -0.349 e. The van der Waals surface area contributed by atoms with Crippen LogP contribution in [-0.2, 0) is 6.54 Å². The molecule has 0 aliphatic carbocycles. The third kappa shape index (κ3) is 0.964. The average Bonchev–Trinajstić information content (AvgIpc) is 2.32. The summed E-state index contributed by atoms with van der Waals surface area (Å²) < 4.78 is 14.9. The Balaban J connectivity index is 2.60. The summed E-state index contributed by atoms with van der Waals surface area (Å²) >= 11 is 3.07. The van der Waals surface area contributed by atoms with E-state index in [1.165, 1.54) is 6.07 Å². The van der Waals surface area contributed by atoms with E-state index in [1.807, 2.05) is 0 Å². The van der Waals surface area contributed by atoms with Crippen molar-refractivity contribution in [2.75, 3.05) is 6.54 Å². The molecule has 0 bridgehead atoms. The van der Waals surface area contributed by atoms with Crippen molar-refractivity contribution < 1.29 is 9.18 Å². The predicted octanol–water partition coefficient (Wildman–Crippen LogP) is 1.13. The molecule has 1 aromatic heterocycles. The van der Waals surface area contributed by atoms with E-state index in [2.05, 4.69) is 21.2 Å². The molecule has 0 unspecified atom stereocenters. The van der Waals surface area contributed by atoms with Crippen LogP contribution in [0.2, 0.25) is 0 Å². The van der Waals surface area contributed by atoms with Gasteiger partial charge in [0.1, 0.15) is 10.3 Å². The van der Waals surface area contributed by atoms with Gasteiger partial charge in [-0.25, -0.2) is 4.39 Å². The van der Waals surface area contributed by atoms with Crippen molar-refractivity contribution in [1.29, 1.82) is 0 Å². The number of nitrogens with one attached hydrogen (secondary N) is 1. The summed E-state index contributed by atoms with van der Waals surface area (Å²) in [5, 5.41) is 2.63. The highest BCUT2D eigenvalue weighted by atomic mass is 79.9. The highest BCUT2D eigenvalue weighted by molar-refractivity contribution is 9.10. The fraction of sp³-hybridized carbons (Fsp3) is 0.286. The minimum absolute atomic E-state index is 0.217. The molecule has 1 aliphatic rings. The van der Waals surface area contributed by atoms with Gasteiger partial charge in [0.25, 0.3) is 5.91 Å². The van der Waals surface area contributed by atoms with Crippen LogP contribution in [0.15, 0.2) is 10.7 Å². The normalized spacial score (nSPS) is 15.7. The minimum atomic E-state index is -0.387. The Morgan fingerprint density at radius 1 is 1.67 bits per heavy atom. The molecule has 3 nitrogen and oxygen atoms in total. The lowest BCUT2D eigenvalue weighted by Gasteiger charge is -2.15. The molecule has 0 aromatic carbocycles. The number of amides is 1. The summed E-state index contributed by atoms with van der Waals surface area (Å²) in [6.45, 7) is 1.17. The molecule has 0 radical (unpaired) electrons. The maximum Gasteiger partial charge on any atom is 0.268 e. The molecule has 1 N–H and O–H groups in total. The van der Waals surface area contributed by atoms with E-state index in [9.17, 15) is 9.18 Å². The van der Waals surface area contributed by atoms with E-state index in [-0.39, 0.29) is 11.7 Å². The molecule has 2 heterocycles. The van der Waals surface area contributed by atoms with Gasteiger partial charge in [0.2, 0.25) is 0 Å². The predicted molar refractivity (Wildman–Crippen MR) is 44.4 cm³/mol. The summed E-state index contributed by atoms with van der Waals surface area (Å²) in [5.74, 6) is -0.604. The lowest BCUT2D eigenvalue weighted by molar-refractivity contribution is 0.0927. The number of carbonyl (C=O) groups excluding carboxylic acids is 1. The van der Waals surface area contributed by atoms with Crippen molar-refractivity contribution in [3.8, 4) is 0 Å². The molecule has 0 spiro atoms. The average molecular weight is 233 g/mol. The van der Waals surface area contributed by atoms with E-state index in [0.717, 1.165) is 0 Å². The first-order valence-electron chi connectivity index (χ1n) is 3.53. The lowest BCUT2D eigenvalue weighted by atomic mass is 10.3. The van der Waals surface area contributed by atoms with Gasteiger partial charge in [-0.05, 0) is 15.9 Å². The summed E-state index contributed by atoms with van der Waals surface area (Å²) in [4.78, 5) is 11.1. The van der Waals surface area contributed by atoms with Crippen LogP contribution in [0.3, 0.4) is 0 Å². The lowest BCUT2D eigenvalue weighted by Crippen LogP contribution is -2.34. The molecule has 1 aromatic rings. The summed E-state index contributed by atoms with van der Waals surface area (Å²) in [5.41, 5.74) is 0.380. The van der Waals surface area contributed by atoms with Crippen LogP contribution in [0, 0.1) is 5.82 Å². The van der Waals surface area contributed by atoms with E-state index >= 15 is 0 Å². The number of rotatable bonds is 0. The Labute approximate surface area is 76.7 Å². The quantitative estimate of drug-likeness (QED) is 0.716. The van der Waals surface area contributed by atoms with Gasteiger partial charge in [-0.15, -0.1) is 0 Å². The maximum atomic E-state index is 12.9. The second kappa shape index (κ2) is 2.58. The number of fused-ring (bicyclic) bond motifs is 1.